The summed E-state index contributed by atoms with van der Waals surface area (Å²) in [6.07, 6.45) is -0.363. The zero-order valence-corrected chi connectivity index (χ0v) is 23.9. The Balaban J connectivity index is 1.27. The van der Waals surface area contributed by atoms with Gasteiger partial charge in [-0.2, -0.15) is 0 Å². The van der Waals surface area contributed by atoms with Crippen LogP contribution in [-0.2, 0) is 14.9 Å². The van der Waals surface area contributed by atoms with Gasteiger partial charge in [0.05, 0.1) is 5.56 Å². The highest BCUT2D eigenvalue weighted by molar-refractivity contribution is 9.10. The third-order valence-corrected chi connectivity index (χ3v) is 7.66. The summed E-state index contributed by atoms with van der Waals surface area (Å²) in [4.78, 5) is 45.4. The maximum Gasteiger partial charge on any atom is 0.410 e. The topological polar surface area (TPSA) is 91.9 Å². The van der Waals surface area contributed by atoms with Crippen LogP contribution in [0.15, 0.2) is 40.9 Å². The first kappa shape index (κ1) is 26.3. The zero-order valence-electron chi connectivity index (χ0n) is 22.3. The molecule has 0 spiro atoms. The molecule has 200 valence electrons. The van der Waals surface area contributed by atoms with E-state index in [0.717, 1.165) is 26.6 Å². The Morgan fingerprint density at radius 2 is 1.71 bits per heavy atom. The number of nitrogens with zero attached hydrogens (tertiary/aromatic N) is 2. The van der Waals surface area contributed by atoms with Gasteiger partial charge in [-0.3, -0.25) is 9.59 Å². The molecule has 0 bridgehead atoms. The molecular weight excluding hydrogens is 550 g/mol. The molecule has 2 aromatic carbocycles. The Labute approximate surface area is 230 Å². The van der Waals surface area contributed by atoms with Crippen LogP contribution >= 0.6 is 15.9 Å². The number of H-pyrrole nitrogens is 1. The number of halogens is 1. The smallest absolute Gasteiger partial charge is 0.410 e. The second-order valence-electron chi connectivity index (χ2n) is 11.4. The number of carbonyl (C=O) groups is 3. The van der Waals surface area contributed by atoms with Crippen LogP contribution in [-0.4, -0.2) is 71.0 Å². The molecule has 1 N–H and O–H groups in total. The van der Waals surface area contributed by atoms with Crippen molar-refractivity contribution in [3.63, 3.8) is 0 Å². The molecule has 2 heterocycles. The highest BCUT2D eigenvalue weighted by atomic mass is 79.9. The van der Waals surface area contributed by atoms with Gasteiger partial charge in [0.15, 0.2) is 12.4 Å². The van der Waals surface area contributed by atoms with Gasteiger partial charge in [-0.1, -0.05) is 35.8 Å². The molecule has 2 amide bonds. The van der Waals surface area contributed by atoms with Crippen molar-refractivity contribution < 1.29 is 23.9 Å². The molecule has 0 radical (unpaired) electrons. The summed E-state index contributed by atoms with van der Waals surface area (Å²) >= 11 is 3.51. The first-order valence-electron chi connectivity index (χ1n) is 12.7. The predicted octanol–water partition coefficient (Wildman–Crippen LogP) is 5.26. The third-order valence-electron chi connectivity index (χ3n) is 7.17. The first-order valence-corrected chi connectivity index (χ1v) is 13.5. The number of carbonyl (C=O) groups excluding carboxylic acids is 3. The number of amides is 2. The van der Waals surface area contributed by atoms with E-state index >= 15 is 0 Å². The van der Waals surface area contributed by atoms with Crippen LogP contribution in [0, 0.1) is 0 Å². The van der Waals surface area contributed by atoms with Crippen LogP contribution in [0.4, 0.5) is 4.79 Å². The number of benzene rings is 2. The number of nitrogens with one attached hydrogen (secondary N) is 1. The molecule has 3 aromatic rings. The Morgan fingerprint density at radius 1 is 1.03 bits per heavy atom. The lowest BCUT2D eigenvalue weighted by Gasteiger charge is -2.35. The zero-order chi connectivity index (χ0) is 27.4. The molecule has 8 nitrogen and oxygen atoms in total. The fourth-order valence-electron chi connectivity index (χ4n) is 5.17. The minimum atomic E-state index is -0.557. The lowest BCUT2D eigenvalue weighted by Crippen LogP contribution is -2.52. The Morgan fingerprint density at radius 3 is 2.39 bits per heavy atom. The predicted molar refractivity (Wildman–Crippen MR) is 148 cm³/mol. The van der Waals surface area contributed by atoms with E-state index in [4.69, 9.17) is 9.47 Å². The van der Waals surface area contributed by atoms with Crippen LogP contribution in [0.3, 0.4) is 0 Å². The average Bonchev–Trinajstić information content (AvgIpc) is 3.25. The highest BCUT2D eigenvalue weighted by Gasteiger charge is 2.40. The summed E-state index contributed by atoms with van der Waals surface area (Å²) in [6, 6.07) is 11.3. The summed E-state index contributed by atoms with van der Waals surface area (Å²) in [5, 5.41) is 0.907. The summed E-state index contributed by atoms with van der Waals surface area (Å²) in [5.41, 5.74) is 2.97. The Hall–Kier alpha value is -3.33. The number of ether oxygens (including phenoxy) is 2. The van der Waals surface area contributed by atoms with Gasteiger partial charge in [0.25, 0.3) is 5.91 Å². The van der Waals surface area contributed by atoms with Gasteiger partial charge in [0, 0.05) is 58.2 Å². The van der Waals surface area contributed by atoms with E-state index < -0.39 is 11.0 Å². The van der Waals surface area contributed by atoms with Crippen molar-refractivity contribution in [1.82, 2.24) is 14.8 Å². The number of rotatable bonds is 3. The molecule has 1 aliphatic carbocycles. The minimum Gasteiger partial charge on any atom is -0.484 e. The molecule has 5 rings (SSSR count). The van der Waals surface area contributed by atoms with Crippen LogP contribution in [0.2, 0.25) is 0 Å². The van der Waals surface area contributed by atoms with E-state index in [-0.39, 0.29) is 24.4 Å². The van der Waals surface area contributed by atoms with Gasteiger partial charge in [0.2, 0.25) is 0 Å². The van der Waals surface area contributed by atoms with Crippen molar-refractivity contribution in [3.05, 3.63) is 63.3 Å². The molecule has 1 aromatic heterocycles. The summed E-state index contributed by atoms with van der Waals surface area (Å²) in [7, 11) is 0. The second kappa shape index (κ2) is 9.45. The van der Waals surface area contributed by atoms with Crippen molar-refractivity contribution in [2.75, 3.05) is 32.8 Å². The second-order valence-corrected chi connectivity index (χ2v) is 12.3. The number of ketones is 1. The molecule has 1 fully saturated rings. The maximum atomic E-state index is 13.5. The quantitative estimate of drug-likeness (QED) is 0.455. The van der Waals surface area contributed by atoms with Crippen molar-refractivity contribution in [2.24, 2.45) is 0 Å². The molecule has 9 heteroatoms. The van der Waals surface area contributed by atoms with Crippen molar-refractivity contribution in [3.8, 4) is 5.75 Å². The number of fused-ring (bicyclic) bond motifs is 4. The third kappa shape index (κ3) is 4.79. The van der Waals surface area contributed by atoms with Crippen molar-refractivity contribution in [1.29, 1.82) is 0 Å². The van der Waals surface area contributed by atoms with Crippen LogP contribution in [0.25, 0.3) is 10.9 Å². The lowest BCUT2D eigenvalue weighted by atomic mass is 9.71. The van der Waals surface area contributed by atoms with E-state index in [0.29, 0.717) is 43.1 Å². The molecule has 0 atom stereocenters. The average molecular weight is 582 g/mol. The molecule has 0 saturated carbocycles. The molecular formula is C29H32BrN3O5. The summed E-state index contributed by atoms with van der Waals surface area (Å²) in [6.45, 7) is 11.2. The normalized spacial score (nSPS) is 16.7. The van der Waals surface area contributed by atoms with Crippen molar-refractivity contribution in [2.45, 2.75) is 45.6 Å². The molecule has 0 unspecified atom stereocenters. The van der Waals surface area contributed by atoms with Gasteiger partial charge < -0.3 is 24.3 Å². The fourth-order valence-corrected chi connectivity index (χ4v) is 5.53. The number of hydrogen-bond acceptors (Lipinski definition) is 5. The highest BCUT2D eigenvalue weighted by Crippen LogP contribution is 2.44. The number of aromatic amines is 1. The Kier molecular flexibility index (Phi) is 6.54. The molecule has 1 saturated heterocycles. The van der Waals surface area contributed by atoms with E-state index in [1.54, 1.807) is 21.9 Å². The molecule has 1 aliphatic heterocycles. The van der Waals surface area contributed by atoms with Crippen molar-refractivity contribution >= 4 is 44.6 Å². The summed E-state index contributed by atoms with van der Waals surface area (Å²) < 4.78 is 12.3. The minimum absolute atomic E-state index is 0.0200. The maximum absolute atomic E-state index is 13.5. The summed E-state index contributed by atoms with van der Waals surface area (Å²) in [5.74, 6) is 0.367. The van der Waals surface area contributed by atoms with Gasteiger partial charge in [-0.05, 0) is 56.7 Å². The fraction of sp³-hybridized carbons (Fsp3) is 0.414. The monoisotopic (exact) mass is 581 g/mol. The number of aromatic nitrogens is 1. The van der Waals surface area contributed by atoms with Crippen LogP contribution in [0.1, 0.15) is 61.8 Å². The van der Waals surface area contributed by atoms with Gasteiger partial charge >= 0.3 is 6.09 Å². The Bertz CT molecular complexity index is 1440. The molecule has 38 heavy (non-hydrogen) atoms. The standard InChI is InChI=1S/C29H32BrN3O5/c1-28(2,3)38-27(36)33-12-10-32(11-13-33)23(34)16-37-18-7-9-19-21(15-18)29(4,5)26-24(25(19)35)20-8-6-17(30)14-22(20)31-26/h6-9,14-15,31H,10-13,16H2,1-5H3. The SMILES string of the molecule is CC(C)(C)OC(=O)N1CCN(C(=O)COc2ccc3c(c2)C(C)(C)c2[nH]c4cc(Br)ccc4c2C3=O)CC1. The lowest BCUT2D eigenvalue weighted by molar-refractivity contribution is -0.135. The largest absolute Gasteiger partial charge is 0.484 e. The van der Waals surface area contributed by atoms with E-state index in [9.17, 15) is 14.4 Å². The molecule has 2 aliphatic rings. The van der Waals surface area contributed by atoms with E-state index in [2.05, 4.69) is 34.8 Å². The van der Waals surface area contributed by atoms with Gasteiger partial charge in [-0.25, -0.2) is 4.79 Å². The number of piperazine rings is 1. The van der Waals surface area contributed by atoms with E-state index in [1.807, 2.05) is 45.0 Å². The van der Waals surface area contributed by atoms with E-state index in [1.165, 1.54) is 0 Å². The van der Waals surface area contributed by atoms with Gasteiger partial charge in [0.1, 0.15) is 11.4 Å². The van der Waals surface area contributed by atoms with Crippen LogP contribution < -0.4 is 4.74 Å². The van der Waals surface area contributed by atoms with Crippen LogP contribution in [0.5, 0.6) is 5.75 Å². The number of hydrogen-bond donors (Lipinski definition) is 1. The van der Waals surface area contributed by atoms with Gasteiger partial charge in [-0.15, -0.1) is 0 Å². The first-order chi connectivity index (χ1) is 17.8.